The molecule has 1 aromatic carbocycles. The smallest absolute Gasteiger partial charge is 0.270 e. The van der Waals surface area contributed by atoms with Gasteiger partial charge >= 0.3 is 0 Å². The van der Waals surface area contributed by atoms with Crippen molar-refractivity contribution in [3.05, 3.63) is 33.9 Å². The summed E-state index contributed by atoms with van der Waals surface area (Å²) in [7, 11) is 0. The number of nitro groups is 1. The van der Waals surface area contributed by atoms with E-state index in [0.29, 0.717) is 18.7 Å². The Morgan fingerprint density at radius 3 is 2.90 bits per heavy atom. The highest BCUT2D eigenvalue weighted by molar-refractivity contribution is 6.00. The molecular formula is C13H18N4O4. The van der Waals surface area contributed by atoms with Gasteiger partial charge in [-0.05, 0) is 25.8 Å². The summed E-state index contributed by atoms with van der Waals surface area (Å²) in [5.74, 6) is 4.97. The van der Waals surface area contributed by atoms with Gasteiger partial charge < -0.3 is 15.5 Å². The average molecular weight is 294 g/mol. The van der Waals surface area contributed by atoms with Crippen LogP contribution in [-0.2, 0) is 4.74 Å². The van der Waals surface area contributed by atoms with Crippen LogP contribution >= 0.6 is 0 Å². The molecule has 1 amide bonds. The van der Waals surface area contributed by atoms with Crippen LogP contribution in [0.2, 0.25) is 0 Å². The van der Waals surface area contributed by atoms with Gasteiger partial charge in [-0.1, -0.05) is 0 Å². The number of ether oxygens (including phenoxy) is 1. The Morgan fingerprint density at radius 2 is 2.29 bits per heavy atom. The maximum atomic E-state index is 12.3. The lowest BCUT2D eigenvalue weighted by molar-refractivity contribution is -0.384. The Kier molecular flexibility index (Phi) is 4.71. The van der Waals surface area contributed by atoms with Gasteiger partial charge in [0.1, 0.15) is 0 Å². The predicted octanol–water partition coefficient (Wildman–Crippen LogP) is 1.18. The summed E-state index contributed by atoms with van der Waals surface area (Å²) in [4.78, 5) is 22.6. The highest BCUT2D eigenvalue weighted by Crippen LogP contribution is 2.22. The molecule has 0 saturated carbocycles. The van der Waals surface area contributed by atoms with Crippen LogP contribution in [0.4, 0.5) is 11.4 Å². The molecule has 0 aliphatic carbocycles. The van der Waals surface area contributed by atoms with Crippen molar-refractivity contribution >= 4 is 17.3 Å². The second kappa shape index (κ2) is 6.51. The molecule has 2 rings (SSSR count). The second-order valence-corrected chi connectivity index (χ2v) is 5.01. The van der Waals surface area contributed by atoms with Crippen molar-refractivity contribution in [1.82, 2.24) is 5.32 Å². The van der Waals surface area contributed by atoms with Gasteiger partial charge in [-0.15, -0.1) is 0 Å². The first-order valence-electron chi connectivity index (χ1n) is 6.68. The van der Waals surface area contributed by atoms with Crippen LogP contribution < -0.4 is 16.6 Å². The number of carbonyl (C=O) groups is 1. The lowest BCUT2D eigenvalue weighted by Gasteiger charge is -2.28. The monoisotopic (exact) mass is 294 g/mol. The molecule has 114 valence electrons. The largest absolute Gasteiger partial charge is 0.378 e. The van der Waals surface area contributed by atoms with Crippen LogP contribution in [0.15, 0.2) is 18.2 Å². The van der Waals surface area contributed by atoms with Gasteiger partial charge in [0.25, 0.3) is 11.6 Å². The van der Waals surface area contributed by atoms with Crippen molar-refractivity contribution in [3.8, 4) is 0 Å². The lowest BCUT2D eigenvalue weighted by Crippen LogP contribution is -2.41. The van der Waals surface area contributed by atoms with Gasteiger partial charge in [-0.25, -0.2) is 0 Å². The number of benzene rings is 1. The Labute approximate surface area is 121 Å². The summed E-state index contributed by atoms with van der Waals surface area (Å²) < 4.78 is 5.42. The highest BCUT2D eigenvalue weighted by atomic mass is 16.6. The topological polar surface area (TPSA) is 120 Å². The van der Waals surface area contributed by atoms with E-state index in [1.54, 1.807) is 0 Å². The third kappa shape index (κ3) is 3.67. The molecule has 8 nitrogen and oxygen atoms in total. The van der Waals surface area contributed by atoms with Gasteiger partial charge in [0, 0.05) is 24.8 Å². The van der Waals surface area contributed by atoms with Gasteiger partial charge in [0.2, 0.25) is 0 Å². The number of carbonyl (C=O) groups excluding carboxylic acids is 1. The zero-order valence-electron chi connectivity index (χ0n) is 11.7. The number of nitrogens with zero attached hydrogens (tertiary/aromatic N) is 1. The van der Waals surface area contributed by atoms with Crippen molar-refractivity contribution in [2.24, 2.45) is 5.84 Å². The Hall–Kier alpha value is -2.19. The Bertz CT molecular complexity index is 549. The number of anilines is 1. The average Bonchev–Trinajstić information content (AvgIpc) is 2.46. The van der Waals surface area contributed by atoms with Crippen molar-refractivity contribution in [2.45, 2.75) is 31.9 Å². The first-order valence-corrected chi connectivity index (χ1v) is 6.68. The molecule has 1 aliphatic rings. The van der Waals surface area contributed by atoms with Crippen LogP contribution in [0.1, 0.15) is 30.1 Å². The van der Waals surface area contributed by atoms with Crippen LogP contribution in [0.5, 0.6) is 0 Å². The van der Waals surface area contributed by atoms with Crippen LogP contribution in [0, 0.1) is 10.1 Å². The number of non-ortho nitro benzene ring substituents is 1. The number of hydrogen-bond donors (Lipinski definition) is 3. The molecule has 1 aliphatic heterocycles. The van der Waals surface area contributed by atoms with Gasteiger partial charge in [-0.2, -0.15) is 0 Å². The first-order chi connectivity index (χ1) is 10.0. The quantitative estimate of drug-likeness (QED) is 0.436. The van der Waals surface area contributed by atoms with Crippen LogP contribution in [0.3, 0.4) is 0 Å². The molecule has 1 fully saturated rings. The molecule has 0 bridgehead atoms. The minimum absolute atomic E-state index is 0.00821. The standard InChI is InChI=1S/C13H18N4O4/c1-8-6-9(4-5-21-8)15-13(18)11-7-10(17(19)20)2-3-12(11)16-14/h2-3,7-9,16H,4-6,14H2,1H3,(H,15,18). The van der Waals surface area contributed by atoms with E-state index < -0.39 is 4.92 Å². The van der Waals surface area contributed by atoms with E-state index in [1.165, 1.54) is 18.2 Å². The van der Waals surface area contributed by atoms with E-state index in [9.17, 15) is 14.9 Å². The first kappa shape index (κ1) is 15.2. The summed E-state index contributed by atoms with van der Waals surface area (Å²) in [5, 5.41) is 13.7. The molecule has 1 aromatic rings. The number of nitrogen functional groups attached to an aromatic ring is 1. The molecule has 1 saturated heterocycles. The molecule has 2 atom stereocenters. The number of nitrogens with one attached hydrogen (secondary N) is 2. The molecule has 0 aromatic heterocycles. The fraction of sp³-hybridized carbons (Fsp3) is 0.462. The molecule has 0 radical (unpaired) electrons. The van der Waals surface area contributed by atoms with E-state index in [1.807, 2.05) is 6.92 Å². The zero-order chi connectivity index (χ0) is 15.4. The highest BCUT2D eigenvalue weighted by Gasteiger charge is 2.23. The third-order valence-corrected chi connectivity index (χ3v) is 3.43. The third-order valence-electron chi connectivity index (χ3n) is 3.43. The zero-order valence-corrected chi connectivity index (χ0v) is 11.7. The van der Waals surface area contributed by atoms with Gasteiger partial charge in [0.05, 0.1) is 22.3 Å². The van der Waals surface area contributed by atoms with E-state index in [2.05, 4.69) is 10.7 Å². The molecule has 8 heteroatoms. The van der Waals surface area contributed by atoms with Gasteiger partial charge in [-0.3, -0.25) is 20.8 Å². The SMILES string of the molecule is CC1CC(NC(=O)c2cc([N+](=O)[O-])ccc2NN)CCO1. The molecule has 1 heterocycles. The minimum Gasteiger partial charge on any atom is -0.378 e. The summed E-state index contributed by atoms with van der Waals surface area (Å²) in [6, 6.07) is 3.92. The number of amides is 1. The maximum absolute atomic E-state index is 12.3. The van der Waals surface area contributed by atoms with Crippen molar-refractivity contribution in [3.63, 3.8) is 0 Å². The molecule has 4 N–H and O–H groups in total. The lowest BCUT2D eigenvalue weighted by atomic mass is 10.0. The number of nitrogens with two attached hydrogens (primary N) is 1. The van der Waals surface area contributed by atoms with E-state index in [4.69, 9.17) is 10.6 Å². The molecule has 21 heavy (non-hydrogen) atoms. The molecular weight excluding hydrogens is 276 g/mol. The number of hydrogen-bond acceptors (Lipinski definition) is 6. The van der Waals surface area contributed by atoms with Crippen molar-refractivity contribution < 1.29 is 14.5 Å². The van der Waals surface area contributed by atoms with E-state index in [0.717, 1.165) is 6.42 Å². The second-order valence-electron chi connectivity index (χ2n) is 5.01. The summed E-state index contributed by atoms with van der Waals surface area (Å²) in [6.07, 6.45) is 1.52. The van der Waals surface area contributed by atoms with E-state index >= 15 is 0 Å². The summed E-state index contributed by atoms with van der Waals surface area (Å²) in [6.45, 7) is 2.53. The van der Waals surface area contributed by atoms with E-state index in [-0.39, 0.29) is 29.3 Å². The van der Waals surface area contributed by atoms with Crippen molar-refractivity contribution in [1.29, 1.82) is 0 Å². The normalized spacial score (nSPS) is 21.6. The Morgan fingerprint density at radius 1 is 1.52 bits per heavy atom. The fourth-order valence-corrected chi connectivity index (χ4v) is 2.35. The minimum atomic E-state index is -0.548. The molecule has 0 spiro atoms. The maximum Gasteiger partial charge on any atom is 0.270 e. The Balaban J connectivity index is 2.17. The summed E-state index contributed by atoms with van der Waals surface area (Å²) >= 11 is 0. The number of hydrazine groups is 1. The van der Waals surface area contributed by atoms with Crippen molar-refractivity contribution in [2.75, 3.05) is 12.0 Å². The number of rotatable bonds is 4. The summed E-state index contributed by atoms with van der Waals surface area (Å²) in [5.41, 5.74) is 2.73. The number of nitro benzene ring substituents is 1. The fourth-order valence-electron chi connectivity index (χ4n) is 2.35. The molecule has 2 unspecified atom stereocenters. The predicted molar refractivity (Wildman–Crippen MR) is 76.8 cm³/mol. The van der Waals surface area contributed by atoms with Gasteiger partial charge in [0.15, 0.2) is 0 Å². The van der Waals surface area contributed by atoms with Crippen LogP contribution in [-0.4, -0.2) is 29.6 Å². The van der Waals surface area contributed by atoms with Crippen LogP contribution in [0.25, 0.3) is 0 Å².